The third-order valence-electron chi connectivity index (χ3n) is 2.17. The first kappa shape index (κ1) is 13.3. The molecule has 0 N–H and O–H groups in total. The fraction of sp³-hybridized carbons (Fsp3) is 0.615. The summed E-state index contributed by atoms with van der Waals surface area (Å²) in [4.78, 5) is 4.08. The minimum Gasteiger partial charge on any atom is -0.477 e. The van der Waals surface area contributed by atoms with Gasteiger partial charge in [-0.15, -0.1) is 0 Å². The Hall–Kier alpha value is -0.760. The number of rotatable bonds is 4. The Bertz CT molecular complexity index is 333. The van der Waals surface area contributed by atoms with Crippen LogP contribution in [0.2, 0.25) is 5.15 Å². The van der Waals surface area contributed by atoms with Crippen molar-refractivity contribution in [2.75, 3.05) is 6.61 Å². The highest BCUT2D eigenvalue weighted by Crippen LogP contribution is 2.24. The maximum Gasteiger partial charge on any atom is 0.214 e. The lowest BCUT2D eigenvalue weighted by Gasteiger charge is -2.23. The molecule has 0 aliphatic rings. The van der Waals surface area contributed by atoms with Crippen molar-refractivity contribution in [3.05, 3.63) is 23.4 Å². The predicted molar refractivity (Wildman–Crippen MR) is 68.0 cm³/mol. The maximum atomic E-state index is 5.78. The lowest BCUT2D eigenvalue weighted by molar-refractivity contribution is 0.202. The highest BCUT2D eigenvalue weighted by molar-refractivity contribution is 6.29. The Balaban J connectivity index is 2.40. The van der Waals surface area contributed by atoms with Crippen molar-refractivity contribution in [2.45, 2.75) is 34.1 Å². The number of nitrogens with zero attached hydrogens (tertiary/aromatic N) is 1. The summed E-state index contributed by atoms with van der Waals surface area (Å²) in [6.45, 7) is 9.59. The van der Waals surface area contributed by atoms with Gasteiger partial charge in [0, 0.05) is 6.07 Å². The first-order valence-electron chi connectivity index (χ1n) is 5.62. The number of hydrogen-bond acceptors (Lipinski definition) is 2. The van der Waals surface area contributed by atoms with E-state index in [0.717, 1.165) is 6.42 Å². The van der Waals surface area contributed by atoms with Gasteiger partial charge in [0.05, 0.1) is 6.61 Å². The van der Waals surface area contributed by atoms with E-state index in [1.165, 1.54) is 0 Å². The molecule has 1 unspecified atom stereocenters. The highest BCUT2D eigenvalue weighted by Gasteiger charge is 2.15. The molecule has 16 heavy (non-hydrogen) atoms. The second-order valence-electron chi connectivity index (χ2n) is 5.48. The molecule has 0 aliphatic heterocycles. The second-order valence-corrected chi connectivity index (χ2v) is 5.87. The van der Waals surface area contributed by atoms with Crippen LogP contribution in [0.4, 0.5) is 0 Å². The predicted octanol–water partition coefficient (Wildman–Crippen LogP) is 4.19. The fourth-order valence-electron chi connectivity index (χ4n) is 1.80. The summed E-state index contributed by atoms with van der Waals surface area (Å²) in [6.07, 6.45) is 1.13. The quantitative estimate of drug-likeness (QED) is 0.738. The van der Waals surface area contributed by atoms with Gasteiger partial charge in [-0.3, -0.25) is 0 Å². The van der Waals surface area contributed by atoms with Crippen LogP contribution < -0.4 is 4.74 Å². The standard InChI is InChI=1S/C13H20ClNO/c1-10(8-13(2,3)4)9-16-12-7-5-6-11(14)15-12/h5-7,10H,8-9H2,1-4H3. The summed E-state index contributed by atoms with van der Waals surface area (Å²) < 4.78 is 5.60. The molecule has 3 heteroatoms. The van der Waals surface area contributed by atoms with Gasteiger partial charge in [-0.1, -0.05) is 45.4 Å². The van der Waals surface area contributed by atoms with Crippen LogP contribution in [0.3, 0.4) is 0 Å². The maximum absolute atomic E-state index is 5.78. The Morgan fingerprint density at radius 3 is 2.62 bits per heavy atom. The average Bonchev–Trinajstić information content (AvgIpc) is 2.12. The molecular weight excluding hydrogens is 222 g/mol. The highest BCUT2D eigenvalue weighted by atomic mass is 35.5. The summed E-state index contributed by atoms with van der Waals surface area (Å²) >= 11 is 5.78. The van der Waals surface area contributed by atoms with Crippen LogP contribution in [0.15, 0.2) is 18.2 Å². The van der Waals surface area contributed by atoms with Gasteiger partial charge in [-0.2, -0.15) is 0 Å². The Kier molecular flexibility index (Phi) is 4.60. The van der Waals surface area contributed by atoms with Crippen molar-refractivity contribution in [1.82, 2.24) is 4.98 Å². The van der Waals surface area contributed by atoms with Crippen molar-refractivity contribution < 1.29 is 4.74 Å². The molecule has 0 saturated carbocycles. The summed E-state index contributed by atoms with van der Waals surface area (Å²) in [6, 6.07) is 5.42. The topological polar surface area (TPSA) is 22.1 Å². The van der Waals surface area contributed by atoms with Crippen LogP contribution in [-0.2, 0) is 0 Å². The zero-order valence-corrected chi connectivity index (χ0v) is 11.2. The molecule has 90 valence electrons. The molecule has 0 saturated heterocycles. The summed E-state index contributed by atoms with van der Waals surface area (Å²) in [5.41, 5.74) is 0.338. The fourth-order valence-corrected chi connectivity index (χ4v) is 1.96. The van der Waals surface area contributed by atoms with Crippen LogP contribution in [0.5, 0.6) is 5.88 Å². The van der Waals surface area contributed by atoms with Crippen LogP contribution in [0, 0.1) is 11.3 Å². The molecule has 0 radical (unpaired) electrons. The second kappa shape index (κ2) is 5.53. The summed E-state index contributed by atoms with van der Waals surface area (Å²) in [7, 11) is 0. The first-order chi connectivity index (χ1) is 7.37. The van der Waals surface area contributed by atoms with Crippen molar-refractivity contribution >= 4 is 11.6 Å². The van der Waals surface area contributed by atoms with Gasteiger partial charge in [-0.05, 0) is 23.8 Å². The molecule has 0 bridgehead atoms. The zero-order valence-electron chi connectivity index (χ0n) is 10.5. The monoisotopic (exact) mass is 241 g/mol. The van der Waals surface area contributed by atoms with Crippen molar-refractivity contribution in [3.8, 4) is 5.88 Å². The van der Waals surface area contributed by atoms with Crippen molar-refractivity contribution in [3.63, 3.8) is 0 Å². The van der Waals surface area contributed by atoms with E-state index in [4.69, 9.17) is 16.3 Å². The van der Waals surface area contributed by atoms with E-state index in [0.29, 0.717) is 29.0 Å². The van der Waals surface area contributed by atoms with Gasteiger partial charge in [0.2, 0.25) is 5.88 Å². The molecule has 0 amide bonds. The molecule has 1 atom stereocenters. The smallest absolute Gasteiger partial charge is 0.214 e. The molecule has 1 rings (SSSR count). The van der Waals surface area contributed by atoms with Gasteiger partial charge in [0.25, 0.3) is 0 Å². The van der Waals surface area contributed by atoms with E-state index in [-0.39, 0.29) is 0 Å². The van der Waals surface area contributed by atoms with E-state index in [9.17, 15) is 0 Å². The van der Waals surface area contributed by atoms with Crippen LogP contribution in [0.1, 0.15) is 34.1 Å². The Morgan fingerprint density at radius 1 is 1.38 bits per heavy atom. The normalized spacial score (nSPS) is 13.6. The lowest BCUT2D eigenvalue weighted by atomic mass is 9.86. The van der Waals surface area contributed by atoms with E-state index in [1.54, 1.807) is 6.07 Å². The molecule has 1 heterocycles. The van der Waals surface area contributed by atoms with Gasteiger partial charge in [0.1, 0.15) is 5.15 Å². The van der Waals surface area contributed by atoms with E-state index >= 15 is 0 Å². The van der Waals surface area contributed by atoms with Gasteiger partial charge < -0.3 is 4.74 Å². The number of halogens is 1. The van der Waals surface area contributed by atoms with Crippen LogP contribution in [0.25, 0.3) is 0 Å². The number of pyridine rings is 1. The minimum absolute atomic E-state index is 0.338. The summed E-state index contributed by atoms with van der Waals surface area (Å²) in [5, 5.41) is 0.473. The largest absolute Gasteiger partial charge is 0.477 e. The number of aromatic nitrogens is 1. The van der Waals surface area contributed by atoms with Gasteiger partial charge >= 0.3 is 0 Å². The molecule has 0 spiro atoms. The molecule has 0 fully saturated rings. The third-order valence-corrected chi connectivity index (χ3v) is 2.38. The lowest BCUT2D eigenvalue weighted by Crippen LogP contribution is -2.17. The van der Waals surface area contributed by atoms with E-state index in [2.05, 4.69) is 32.7 Å². The SMILES string of the molecule is CC(COc1cccc(Cl)n1)CC(C)(C)C. The first-order valence-corrected chi connectivity index (χ1v) is 6.00. The Labute approximate surface area is 103 Å². The number of hydrogen-bond donors (Lipinski definition) is 0. The third kappa shape index (κ3) is 5.36. The molecular formula is C13H20ClNO. The minimum atomic E-state index is 0.338. The number of ether oxygens (including phenoxy) is 1. The molecule has 0 aliphatic carbocycles. The average molecular weight is 242 g/mol. The Morgan fingerprint density at radius 2 is 2.06 bits per heavy atom. The molecule has 0 aromatic carbocycles. The van der Waals surface area contributed by atoms with Crippen LogP contribution in [-0.4, -0.2) is 11.6 Å². The zero-order chi connectivity index (χ0) is 12.2. The van der Waals surface area contributed by atoms with Crippen molar-refractivity contribution in [2.24, 2.45) is 11.3 Å². The van der Waals surface area contributed by atoms with Gasteiger partial charge in [-0.25, -0.2) is 4.98 Å². The van der Waals surface area contributed by atoms with Crippen LogP contribution >= 0.6 is 11.6 Å². The van der Waals surface area contributed by atoms with E-state index in [1.807, 2.05) is 12.1 Å². The summed E-state index contributed by atoms with van der Waals surface area (Å²) in [5.74, 6) is 1.12. The molecule has 2 nitrogen and oxygen atoms in total. The van der Waals surface area contributed by atoms with Gasteiger partial charge in [0.15, 0.2) is 0 Å². The molecule has 1 aromatic heterocycles. The van der Waals surface area contributed by atoms with Crippen molar-refractivity contribution in [1.29, 1.82) is 0 Å². The van der Waals surface area contributed by atoms with E-state index < -0.39 is 0 Å². The molecule has 1 aromatic rings.